The summed E-state index contributed by atoms with van der Waals surface area (Å²) >= 11 is 3.49. The Morgan fingerprint density at radius 1 is 1.35 bits per heavy atom. The summed E-state index contributed by atoms with van der Waals surface area (Å²) < 4.78 is 6.52. The molecule has 1 heterocycles. The second kappa shape index (κ2) is 7.65. The largest absolute Gasteiger partial charge is 0.492 e. The van der Waals surface area contributed by atoms with E-state index < -0.39 is 0 Å². The zero-order valence-electron chi connectivity index (χ0n) is 11.2. The minimum atomic E-state index is 0.714. The molecule has 4 nitrogen and oxygen atoms in total. The van der Waals surface area contributed by atoms with Gasteiger partial charge in [-0.15, -0.1) is 0 Å². The maximum Gasteiger partial charge on any atom is 0.146 e. The smallest absolute Gasteiger partial charge is 0.146 e. The van der Waals surface area contributed by atoms with Crippen LogP contribution in [0.4, 0.5) is 5.82 Å². The molecule has 1 N–H and O–H groups in total. The number of nitrogens with zero attached hydrogens (tertiary/aromatic N) is 2. The molecule has 0 unspecified atom stereocenters. The first-order valence-electron chi connectivity index (χ1n) is 6.42. The van der Waals surface area contributed by atoms with Crippen molar-refractivity contribution in [3.8, 4) is 5.75 Å². The van der Waals surface area contributed by atoms with Gasteiger partial charge in [0.15, 0.2) is 0 Å². The second-order valence-corrected chi connectivity index (χ2v) is 4.98. The van der Waals surface area contributed by atoms with Crippen LogP contribution in [0.5, 0.6) is 5.75 Å². The van der Waals surface area contributed by atoms with Crippen LogP contribution in [0.15, 0.2) is 52.2 Å². The van der Waals surface area contributed by atoms with Crippen LogP contribution < -0.4 is 10.2 Å². The van der Waals surface area contributed by atoms with Crippen molar-refractivity contribution >= 4 is 28.0 Å². The van der Waals surface area contributed by atoms with Crippen molar-refractivity contribution in [2.45, 2.75) is 13.3 Å². The number of hydrogen-bond donors (Lipinski definition) is 1. The predicted molar refractivity (Wildman–Crippen MR) is 85.4 cm³/mol. The van der Waals surface area contributed by atoms with Crippen molar-refractivity contribution < 1.29 is 4.74 Å². The molecule has 0 bridgehead atoms. The Morgan fingerprint density at radius 3 is 2.95 bits per heavy atom. The second-order valence-electron chi connectivity index (χ2n) is 4.12. The van der Waals surface area contributed by atoms with E-state index >= 15 is 0 Å². The number of pyridine rings is 1. The van der Waals surface area contributed by atoms with E-state index in [4.69, 9.17) is 4.74 Å². The number of nitrogens with one attached hydrogen (secondary N) is 1. The van der Waals surface area contributed by atoms with E-state index in [9.17, 15) is 0 Å². The van der Waals surface area contributed by atoms with E-state index in [1.807, 2.05) is 36.4 Å². The van der Waals surface area contributed by atoms with Gasteiger partial charge in [-0.25, -0.2) is 4.98 Å². The molecule has 0 spiro atoms. The first kappa shape index (κ1) is 14.5. The number of rotatable bonds is 6. The Morgan fingerprint density at radius 2 is 2.25 bits per heavy atom. The molecular formula is C15H16BrN3O. The van der Waals surface area contributed by atoms with Gasteiger partial charge in [-0.2, -0.15) is 5.10 Å². The zero-order chi connectivity index (χ0) is 14.2. The molecule has 2 aromatic rings. The van der Waals surface area contributed by atoms with E-state index in [1.165, 1.54) is 0 Å². The molecule has 0 amide bonds. The van der Waals surface area contributed by atoms with Crippen LogP contribution in [0.3, 0.4) is 0 Å². The number of hydrazone groups is 1. The van der Waals surface area contributed by atoms with Gasteiger partial charge < -0.3 is 4.74 Å². The molecule has 1 aromatic carbocycles. The molecular weight excluding hydrogens is 318 g/mol. The first-order valence-corrected chi connectivity index (χ1v) is 7.21. The predicted octanol–water partition coefficient (Wildman–Crippen LogP) is 4.08. The summed E-state index contributed by atoms with van der Waals surface area (Å²) in [6, 6.07) is 11.5. The number of halogens is 1. The van der Waals surface area contributed by atoms with Crippen molar-refractivity contribution in [3.63, 3.8) is 0 Å². The Balaban J connectivity index is 1.97. The standard InChI is InChI=1S/C15H16BrN3O/c1-2-9-20-14-7-6-12(10-13(14)16)11-18-19-15-5-3-4-8-17-15/h3-8,10-11H,2,9H2,1H3,(H,17,19)/b18-11+. The lowest BCUT2D eigenvalue weighted by molar-refractivity contribution is 0.315. The molecule has 5 heteroatoms. The quantitative estimate of drug-likeness (QED) is 0.640. The van der Waals surface area contributed by atoms with Crippen LogP contribution in [-0.2, 0) is 0 Å². The Bertz CT molecular complexity index is 573. The van der Waals surface area contributed by atoms with Gasteiger partial charge in [0.25, 0.3) is 0 Å². The Kier molecular flexibility index (Phi) is 5.55. The summed E-state index contributed by atoms with van der Waals surface area (Å²) in [6.07, 6.45) is 4.45. The van der Waals surface area contributed by atoms with E-state index in [2.05, 4.69) is 38.4 Å². The average Bonchev–Trinajstić information content (AvgIpc) is 2.47. The van der Waals surface area contributed by atoms with Gasteiger partial charge in [0.1, 0.15) is 11.6 Å². The van der Waals surface area contributed by atoms with Gasteiger partial charge in [-0.3, -0.25) is 5.43 Å². The third-order valence-corrected chi connectivity index (χ3v) is 3.09. The van der Waals surface area contributed by atoms with Crippen molar-refractivity contribution in [2.24, 2.45) is 5.10 Å². The fraction of sp³-hybridized carbons (Fsp3) is 0.200. The lowest BCUT2D eigenvalue weighted by Crippen LogP contribution is -1.96. The molecule has 0 aliphatic carbocycles. The molecule has 2 rings (SSSR count). The fourth-order valence-electron chi connectivity index (χ4n) is 1.53. The highest BCUT2D eigenvalue weighted by Crippen LogP contribution is 2.25. The maximum absolute atomic E-state index is 5.60. The SMILES string of the molecule is CCCOc1ccc(/C=N/Nc2ccccn2)cc1Br. The van der Waals surface area contributed by atoms with Crippen LogP contribution >= 0.6 is 15.9 Å². The summed E-state index contributed by atoms with van der Waals surface area (Å²) in [5.41, 5.74) is 3.85. The highest BCUT2D eigenvalue weighted by Gasteiger charge is 2.01. The van der Waals surface area contributed by atoms with Gasteiger partial charge in [0, 0.05) is 6.20 Å². The fourth-order valence-corrected chi connectivity index (χ4v) is 2.04. The average molecular weight is 334 g/mol. The van der Waals surface area contributed by atoms with Gasteiger partial charge in [0.05, 0.1) is 17.3 Å². The number of ether oxygens (including phenoxy) is 1. The summed E-state index contributed by atoms with van der Waals surface area (Å²) in [7, 11) is 0. The molecule has 20 heavy (non-hydrogen) atoms. The molecule has 0 saturated heterocycles. The summed E-state index contributed by atoms with van der Waals surface area (Å²) in [5.74, 6) is 1.56. The third-order valence-electron chi connectivity index (χ3n) is 2.48. The van der Waals surface area contributed by atoms with Gasteiger partial charge >= 0.3 is 0 Å². The maximum atomic E-state index is 5.60. The van der Waals surface area contributed by atoms with Crippen molar-refractivity contribution in [1.29, 1.82) is 0 Å². The highest BCUT2D eigenvalue weighted by atomic mass is 79.9. The van der Waals surface area contributed by atoms with E-state index in [0.29, 0.717) is 12.4 Å². The number of hydrogen-bond acceptors (Lipinski definition) is 4. The van der Waals surface area contributed by atoms with Gasteiger partial charge in [-0.05, 0) is 58.2 Å². The minimum absolute atomic E-state index is 0.714. The highest BCUT2D eigenvalue weighted by molar-refractivity contribution is 9.10. The van der Waals surface area contributed by atoms with Crippen LogP contribution in [0.2, 0.25) is 0 Å². The number of aromatic nitrogens is 1. The van der Waals surface area contributed by atoms with Gasteiger partial charge in [-0.1, -0.05) is 13.0 Å². The molecule has 0 fully saturated rings. The summed E-state index contributed by atoms with van der Waals surface area (Å²) in [6.45, 7) is 2.80. The van der Waals surface area contributed by atoms with Crippen LogP contribution in [0.25, 0.3) is 0 Å². The van der Waals surface area contributed by atoms with E-state index in [0.717, 1.165) is 22.2 Å². The normalized spacial score (nSPS) is 10.7. The Hall–Kier alpha value is -1.88. The van der Waals surface area contributed by atoms with Crippen molar-refractivity contribution in [1.82, 2.24) is 4.98 Å². The lowest BCUT2D eigenvalue weighted by atomic mass is 10.2. The molecule has 0 atom stereocenters. The lowest BCUT2D eigenvalue weighted by Gasteiger charge is -2.07. The topological polar surface area (TPSA) is 46.5 Å². The van der Waals surface area contributed by atoms with Crippen LogP contribution in [-0.4, -0.2) is 17.8 Å². The molecule has 0 aliphatic rings. The van der Waals surface area contributed by atoms with Gasteiger partial charge in [0.2, 0.25) is 0 Å². The summed E-state index contributed by atoms with van der Waals surface area (Å²) in [5, 5.41) is 4.15. The molecule has 0 aliphatic heterocycles. The number of benzene rings is 1. The summed E-state index contributed by atoms with van der Waals surface area (Å²) in [4.78, 5) is 4.12. The van der Waals surface area contributed by atoms with Crippen molar-refractivity contribution in [2.75, 3.05) is 12.0 Å². The molecule has 1 aromatic heterocycles. The van der Waals surface area contributed by atoms with E-state index in [1.54, 1.807) is 12.4 Å². The first-order chi connectivity index (χ1) is 9.79. The van der Waals surface area contributed by atoms with E-state index in [-0.39, 0.29) is 0 Å². The molecule has 0 saturated carbocycles. The Labute approximate surface area is 127 Å². The molecule has 104 valence electrons. The third kappa shape index (κ3) is 4.35. The van der Waals surface area contributed by atoms with Crippen molar-refractivity contribution in [3.05, 3.63) is 52.6 Å². The molecule has 0 radical (unpaired) electrons. The number of anilines is 1. The minimum Gasteiger partial charge on any atom is -0.492 e. The van der Waals surface area contributed by atoms with Crippen LogP contribution in [0, 0.1) is 0 Å². The monoisotopic (exact) mass is 333 g/mol. The van der Waals surface area contributed by atoms with Crippen LogP contribution in [0.1, 0.15) is 18.9 Å². The zero-order valence-corrected chi connectivity index (χ0v) is 12.8.